The summed E-state index contributed by atoms with van der Waals surface area (Å²) >= 11 is 0. The van der Waals surface area contributed by atoms with E-state index >= 15 is 0 Å². The highest BCUT2D eigenvalue weighted by atomic mass is 15.0. The van der Waals surface area contributed by atoms with Crippen molar-refractivity contribution in [1.82, 2.24) is 4.57 Å². The van der Waals surface area contributed by atoms with Crippen LogP contribution in [0.25, 0.3) is 23.1 Å². The summed E-state index contributed by atoms with van der Waals surface area (Å²) in [6, 6.07) is 9.20. The van der Waals surface area contributed by atoms with Gasteiger partial charge in [0.05, 0.1) is 0 Å². The van der Waals surface area contributed by atoms with E-state index in [0.29, 0.717) is 6.04 Å². The minimum Gasteiger partial charge on any atom is -0.338 e. The number of benzene rings is 1. The average molecular weight is 314 g/mol. The quantitative estimate of drug-likeness (QED) is 0.544. The van der Waals surface area contributed by atoms with Crippen LogP contribution in [0.15, 0.2) is 36.4 Å². The number of para-hydroxylation sites is 1. The first-order chi connectivity index (χ1) is 11.2. The third-order valence-electron chi connectivity index (χ3n) is 3.68. The lowest BCUT2D eigenvalue weighted by molar-refractivity contribution is 0.545. The Morgan fingerprint density at radius 1 is 0.957 bits per heavy atom. The molecule has 23 heavy (non-hydrogen) atoms. The minimum atomic E-state index is 0.509. The lowest BCUT2D eigenvalue weighted by atomic mass is 10.1. The van der Waals surface area contributed by atoms with Crippen LogP contribution in [0.4, 0.5) is 0 Å². The smallest absolute Gasteiger partial charge is 0.0493 e. The summed E-state index contributed by atoms with van der Waals surface area (Å²) in [4.78, 5) is 0. The molecule has 0 fully saturated rings. The average Bonchev–Trinajstić information content (AvgIpc) is 2.92. The summed E-state index contributed by atoms with van der Waals surface area (Å²) in [5.74, 6) is 0. The van der Waals surface area contributed by atoms with Crippen molar-refractivity contribution in [2.75, 3.05) is 0 Å². The zero-order chi connectivity index (χ0) is 17.8. The summed E-state index contributed by atoms with van der Waals surface area (Å²) in [6.07, 6.45) is 9.83. The normalized spacial score (nSPS) is 12.0. The van der Waals surface area contributed by atoms with Gasteiger partial charge in [-0.3, -0.25) is 0 Å². The number of rotatable bonds is 4. The van der Waals surface area contributed by atoms with E-state index in [-0.39, 0.29) is 0 Å². The molecule has 0 saturated carbocycles. The van der Waals surface area contributed by atoms with E-state index in [1.165, 1.54) is 22.2 Å². The summed E-state index contributed by atoms with van der Waals surface area (Å²) in [5, 5.41) is 1.34. The SMILES string of the molecule is C/C=C\c1c(/C=C\C)n(C(C)CC)c2ccccc12.CC.CC. The molecule has 0 spiro atoms. The monoisotopic (exact) mass is 313 g/mol. The van der Waals surface area contributed by atoms with Crippen molar-refractivity contribution in [3.8, 4) is 0 Å². The molecule has 1 unspecified atom stereocenters. The number of nitrogens with zero attached hydrogens (tertiary/aromatic N) is 1. The van der Waals surface area contributed by atoms with Gasteiger partial charge in [-0.25, -0.2) is 0 Å². The van der Waals surface area contributed by atoms with E-state index < -0.39 is 0 Å². The van der Waals surface area contributed by atoms with Crippen molar-refractivity contribution in [2.45, 2.75) is 67.9 Å². The fourth-order valence-corrected chi connectivity index (χ4v) is 2.64. The van der Waals surface area contributed by atoms with Crippen LogP contribution in [0.5, 0.6) is 0 Å². The molecule has 0 aliphatic rings. The van der Waals surface area contributed by atoms with Gasteiger partial charge in [-0.1, -0.05) is 71.0 Å². The Kier molecular flexibility index (Phi) is 10.9. The molecular weight excluding hydrogens is 278 g/mol. The molecule has 1 heterocycles. The molecule has 0 aliphatic heterocycles. The van der Waals surface area contributed by atoms with Crippen LogP contribution in [0.2, 0.25) is 0 Å². The second-order valence-corrected chi connectivity index (χ2v) is 4.94. The Bertz CT molecular complexity index is 614. The molecule has 0 N–H and O–H groups in total. The largest absolute Gasteiger partial charge is 0.338 e. The Morgan fingerprint density at radius 3 is 2.04 bits per heavy atom. The van der Waals surface area contributed by atoms with E-state index in [4.69, 9.17) is 0 Å². The highest BCUT2D eigenvalue weighted by molar-refractivity contribution is 5.94. The Balaban J connectivity index is 0.00000112. The van der Waals surface area contributed by atoms with E-state index in [1.54, 1.807) is 0 Å². The molecule has 0 amide bonds. The lowest BCUT2D eigenvalue weighted by Crippen LogP contribution is -2.05. The molecule has 1 heteroatoms. The molecule has 1 aromatic heterocycles. The first-order valence-electron chi connectivity index (χ1n) is 9.12. The van der Waals surface area contributed by atoms with E-state index in [1.807, 2.05) is 27.7 Å². The lowest BCUT2D eigenvalue weighted by Gasteiger charge is -2.16. The highest BCUT2D eigenvalue weighted by Gasteiger charge is 2.15. The maximum atomic E-state index is 2.46. The standard InChI is InChI=1S/C18H23N.2C2H6/c1-5-10-15-16-12-8-9-13-18(16)19(14(4)7-3)17(15)11-6-2;2*1-2/h5-6,8-14H,7H2,1-4H3;2*1-2H3/b10-5-,11-6-;;. The fraction of sp³-hybridized carbons (Fsp3) is 0.455. The van der Waals surface area contributed by atoms with Gasteiger partial charge in [0.2, 0.25) is 0 Å². The highest BCUT2D eigenvalue weighted by Crippen LogP contribution is 2.32. The predicted molar refractivity (Wildman–Crippen MR) is 109 cm³/mol. The van der Waals surface area contributed by atoms with Gasteiger partial charge in [-0.05, 0) is 39.3 Å². The molecule has 1 aromatic carbocycles. The number of aromatic nitrogens is 1. The maximum absolute atomic E-state index is 2.46. The van der Waals surface area contributed by atoms with Crippen LogP contribution >= 0.6 is 0 Å². The van der Waals surface area contributed by atoms with Gasteiger partial charge in [-0.15, -0.1) is 0 Å². The number of fused-ring (bicyclic) bond motifs is 1. The predicted octanol–water partition coefficient (Wildman–Crippen LogP) is 7.73. The van der Waals surface area contributed by atoms with Crippen LogP contribution in [0, 0.1) is 0 Å². The van der Waals surface area contributed by atoms with Crippen LogP contribution in [0.1, 0.15) is 79.1 Å². The maximum Gasteiger partial charge on any atom is 0.0493 e. The molecule has 0 radical (unpaired) electrons. The summed E-state index contributed by atoms with van der Waals surface area (Å²) in [7, 11) is 0. The molecule has 0 aliphatic carbocycles. The van der Waals surface area contributed by atoms with Crippen molar-refractivity contribution in [1.29, 1.82) is 0 Å². The van der Waals surface area contributed by atoms with Gasteiger partial charge in [0.15, 0.2) is 0 Å². The Labute approximate surface area is 143 Å². The van der Waals surface area contributed by atoms with Crippen molar-refractivity contribution in [3.05, 3.63) is 47.7 Å². The number of allylic oxidation sites excluding steroid dienone is 2. The summed E-state index contributed by atoms with van der Waals surface area (Å²) in [6.45, 7) is 16.7. The zero-order valence-electron chi connectivity index (χ0n) is 16.4. The fourth-order valence-electron chi connectivity index (χ4n) is 2.64. The second-order valence-electron chi connectivity index (χ2n) is 4.94. The Hall–Kier alpha value is -1.76. The van der Waals surface area contributed by atoms with Crippen LogP contribution < -0.4 is 0 Å². The number of hydrogen-bond acceptors (Lipinski definition) is 0. The third kappa shape index (κ3) is 4.86. The Morgan fingerprint density at radius 2 is 1.52 bits per heavy atom. The third-order valence-corrected chi connectivity index (χ3v) is 3.68. The first-order valence-corrected chi connectivity index (χ1v) is 9.12. The first kappa shape index (κ1) is 21.2. The van der Waals surface area contributed by atoms with Gasteiger partial charge >= 0.3 is 0 Å². The van der Waals surface area contributed by atoms with Crippen LogP contribution in [0.3, 0.4) is 0 Å². The van der Waals surface area contributed by atoms with Gasteiger partial charge in [-0.2, -0.15) is 0 Å². The van der Waals surface area contributed by atoms with Gasteiger partial charge in [0.1, 0.15) is 0 Å². The van der Waals surface area contributed by atoms with Crippen molar-refractivity contribution >= 4 is 23.1 Å². The van der Waals surface area contributed by atoms with Crippen molar-refractivity contribution in [2.24, 2.45) is 0 Å². The molecule has 2 aromatic rings. The van der Waals surface area contributed by atoms with E-state index in [2.05, 4.69) is 80.8 Å². The topological polar surface area (TPSA) is 4.93 Å². The van der Waals surface area contributed by atoms with E-state index in [9.17, 15) is 0 Å². The molecule has 0 saturated heterocycles. The van der Waals surface area contributed by atoms with Gasteiger partial charge in [0, 0.05) is 28.2 Å². The van der Waals surface area contributed by atoms with E-state index in [0.717, 1.165) is 6.42 Å². The molecule has 0 bridgehead atoms. The van der Waals surface area contributed by atoms with Crippen molar-refractivity contribution in [3.63, 3.8) is 0 Å². The van der Waals surface area contributed by atoms with Gasteiger partial charge < -0.3 is 4.57 Å². The molecule has 2 rings (SSSR count). The number of hydrogen-bond donors (Lipinski definition) is 0. The molecule has 1 atom stereocenters. The molecule has 128 valence electrons. The molecular formula is C22H35N. The van der Waals surface area contributed by atoms with Crippen molar-refractivity contribution < 1.29 is 0 Å². The van der Waals surface area contributed by atoms with Gasteiger partial charge in [0.25, 0.3) is 0 Å². The van der Waals surface area contributed by atoms with Crippen LogP contribution in [-0.2, 0) is 0 Å². The zero-order valence-corrected chi connectivity index (χ0v) is 16.4. The summed E-state index contributed by atoms with van der Waals surface area (Å²) in [5.41, 5.74) is 3.98. The minimum absolute atomic E-state index is 0.509. The molecule has 1 nitrogen and oxygen atoms in total. The summed E-state index contributed by atoms with van der Waals surface area (Å²) < 4.78 is 2.46. The second kappa shape index (κ2) is 11.8. The van der Waals surface area contributed by atoms with Crippen LogP contribution in [-0.4, -0.2) is 4.57 Å².